The molecule has 1 N–H and O–H groups in total. The van der Waals surface area contributed by atoms with Crippen LogP contribution in [0.5, 0.6) is 0 Å². The van der Waals surface area contributed by atoms with E-state index in [4.69, 9.17) is 0 Å². The number of fused-ring (bicyclic) bond motifs is 1. The van der Waals surface area contributed by atoms with E-state index in [2.05, 4.69) is 5.32 Å². The first-order valence-corrected chi connectivity index (χ1v) is 12.2. The second-order valence-electron chi connectivity index (χ2n) is 9.55. The number of halogens is 1. The van der Waals surface area contributed by atoms with Gasteiger partial charge < -0.3 is 10.2 Å². The van der Waals surface area contributed by atoms with Crippen molar-refractivity contribution in [2.24, 2.45) is 11.8 Å². The number of rotatable bonds is 8. The molecule has 2 aliphatic carbocycles. The van der Waals surface area contributed by atoms with Crippen LogP contribution in [0.1, 0.15) is 57.4 Å². The van der Waals surface area contributed by atoms with Gasteiger partial charge >= 0.3 is 0 Å². The van der Waals surface area contributed by atoms with Crippen LogP contribution in [0.25, 0.3) is 0 Å². The summed E-state index contributed by atoms with van der Waals surface area (Å²) in [5, 5.41) is 3.04. The molecule has 1 saturated carbocycles. The maximum Gasteiger partial charge on any atom is 0.242 e. The second-order valence-corrected chi connectivity index (χ2v) is 9.55. The number of carbonyl (C=O) groups excluding carboxylic acids is 4. The molecule has 182 valence electrons. The summed E-state index contributed by atoms with van der Waals surface area (Å²) in [4.78, 5) is 54.4. The van der Waals surface area contributed by atoms with Crippen molar-refractivity contribution in [1.29, 1.82) is 0 Å². The minimum absolute atomic E-state index is 0.000379. The van der Waals surface area contributed by atoms with Crippen LogP contribution in [-0.2, 0) is 25.7 Å². The molecule has 4 amide bonds. The molecular formula is C26H32FN3O4. The van der Waals surface area contributed by atoms with Crippen molar-refractivity contribution in [3.63, 3.8) is 0 Å². The topological polar surface area (TPSA) is 86.8 Å². The van der Waals surface area contributed by atoms with E-state index in [9.17, 15) is 23.6 Å². The van der Waals surface area contributed by atoms with Crippen molar-refractivity contribution >= 4 is 23.6 Å². The van der Waals surface area contributed by atoms with E-state index in [-0.39, 0.29) is 66.8 Å². The van der Waals surface area contributed by atoms with Crippen molar-refractivity contribution in [3.05, 3.63) is 47.8 Å². The number of imide groups is 1. The molecule has 1 aliphatic heterocycles. The van der Waals surface area contributed by atoms with Gasteiger partial charge in [0.15, 0.2) is 0 Å². The Morgan fingerprint density at radius 1 is 1.06 bits per heavy atom. The average Bonchev–Trinajstić information content (AvgIpc) is 3.43. The van der Waals surface area contributed by atoms with Crippen LogP contribution in [0, 0.1) is 17.7 Å². The van der Waals surface area contributed by atoms with Crippen LogP contribution >= 0.6 is 0 Å². The van der Waals surface area contributed by atoms with Crippen molar-refractivity contribution in [3.8, 4) is 0 Å². The maximum absolute atomic E-state index is 13.4. The molecular weight excluding hydrogens is 437 g/mol. The fourth-order valence-electron chi connectivity index (χ4n) is 5.20. The van der Waals surface area contributed by atoms with E-state index in [0.29, 0.717) is 18.4 Å². The largest absolute Gasteiger partial charge is 0.352 e. The van der Waals surface area contributed by atoms with Gasteiger partial charge in [0.1, 0.15) is 11.9 Å². The normalized spacial score (nSPS) is 23.2. The van der Waals surface area contributed by atoms with E-state index in [1.807, 2.05) is 12.2 Å². The van der Waals surface area contributed by atoms with Crippen LogP contribution in [-0.4, -0.2) is 52.1 Å². The summed E-state index contributed by atoms with van der Waals surface area (Å²) in [6.07, 6.45) is 8.91. The monoisotopic (exact) mass is 469 g/mol. The molecule has 0 aromatic heterocycles. The minimum Gasteiger partial charge on any atom is -0.352 e. The molecule has 3 atom stereocenters. The Bertz CT molecular complexity index is 945. The predicted octanol–water partition coefficient (Wildman–Crippen LogP) is 2.94. The second kappa shape index (κ2) is 10.5. The van der Waals surface area contributed by atoms with Gasteiger partial charge in [-0.05, 0) is 50.3 Å². The molecule has 1 heterocycles. The molecule has 0 radical (unpaired) electrons. The number of hydrogen-bond donors (Lipinski definition) is 1. The highest BCUT2D eigenvalue weighted by atomic mass is 19.1. The quantitative estimate of drug-likeness (QED) is 0.469. The Kier molecular flexibility index (Phi) is 7.44. The summed E-state index contributed by atoms with van der Waals surface area (Å²) in [7, 11) is 0. The maximum atomic E-state index is 13.4. The Hall–Kier alpha value is -3.03. The zero-order valence-electron chi connectivity index (χ0n) is 19.5. The molecule has 1 saturated heterocycles. The zero-order valence-corrected chi connectivity index (χ0v) is 19.5. The summed E-state index contributed by atoms with van der Waals surface area (Å²) in [6.45, 7) is 1.81. The fourth-order valence-corrected chi connectivity index (χ4v) is 5.20. The first kappa shape index (κ1) is 24.1. The number of allylic oxidation sites excluding steroid dienone is 2. The fraction of sp³-hybridized carbons (Fsp3) is 0.538. The summed E-state index contributed by atoms with van der Waals surface area (Å²) in [5.41, 5.74) is 0.695. The van der Waals surface area contributed by atoms with Crippen molar-refractivity contribution < 1.29 is 23.6 Å². The van der Waals surface area contributed by atoms with E-state index in [1.165, 1.54) is 21.9 Å². The summed E-state index contributed by atoms with van der Waals surface area (Å²) in [6, 6.07) is 5.19. The summed E-state index contributed by atoms with van der Waals surface area (Å²) in [5.74, 6) is -2.04. The minimum atomic E-state index is -0.741. The highest BCUT2D eigenvalue weighted by molar-refractivity contribution is 6.05. The van der Waals surface area contributed by atoms with Gasteiger partial charge in [0, 0.05) is 25.6 Å². The zero-order chi connectivity index (χ0) is 24.2. The highest BCUT2D eigenvalue weighted by Gasteiger charge is 2.47. The molecule has 0 bridgehead atoms. The van der Waals surface area contributed by atoms with E-state index in [0.717, 1.165) is 25.7 Å². The highest BCUT2D eigenvalue weighted by Crippen LogP contribution is 2.35. The lowest BCUT2D eigenvalue weighted by Crippen LogP contribution is -2.50. The molecule has 1 aromatic rings. The number of nitrogens with zero attached hydrogens (tertiary/aromatic N) is 2. The first-order chi connectivity index (χ1) is 16.3. The van der Waals surface area contributed by atoms with Gasteiger partial charge in [-0.1, -0.05) is 37.1 Å². The molecule has 1 aromatic carbocycles. The predicted molar refractivity (Wildman–Crippen MR) is 124 cm³/mol. The van der Waals surface area contributed by atoms with Gasteiger partial charge in [0.25, 0.3) is 0 Å². The van der Waals surface area contributed by atoms with Gasteiger partial charge in [0.2, 0.25) is 23.6 Å². The third-order valence-corrected chi connectivity index (χ3v) is 7.28. The lowest BCUT2D eigenvalue weighted by molar-refractivity contribution is -0.144. The number of benzene rings is 1. The van der Waals surface area contributed by atoms with Gasteiger partial charge in [-0.2, -0.15) is 0 Å². The van der Waals surface area contributed by atoms with Crippen LogP contribution in [0.2, 0.25) is 0 Å². The van der Waals surface area contributed by atoms with E-state index in [1.54, 1.807) is 19.1 Å². The van der Waals surface area contributed by atoms with Crippen molar-refractivity contribution in [1.82, 2.24) is 15.1 Å². The van der Waals surface area contributed by atoms with Gasteiger partial charge in [0.05, 0.1) is 11.8 Å². The van der Waals surface area contributed by atoms with E-state index >= 15 is 0 Å². The Morgan fingerprint density at radius 2 is 1.65 bits per heavy atom. The SMILES string of the molecule is C[C@H](C(=O)NC1CCCC1)N(Cc1ccc(F)cc1)C(=O)CCN1C(=O)[C@H]2CC=CC[C@H]2C1=O. The third kappa shape index (κ3) is 5.21. The number of likely N-dealkylation sites (tertiary alicyclic amines) is 1. The Morgan fingerprint density at radius 3 is 2.24 bits per heavy atom. The number of nitrogens with one attached hydrogen (secondary N) is 1. The van der Waals surface area contributed by atoms with Crippen LogP contribution < -0.4 is 5.32 Å². The lowest BCUT2D eigenvalue weighted by Gasteiger charge is -2.30. The van der Waals surface area contributed by atoms with E-state index < -0.39 is 6.04 Å². The molecule has 4 rings (SSSR count). The molecule has 7 nitrogen and oxygen atoms in total. The van der Waals surface area contributed by atoms with Crippen LogP contribution in [0.3, 0.4) is 0 Å². The van der Waals surface area contributed by atoms with Gasteiger partial charge in [-0.15, -0.1) is 0 Å². The standard InChI is InChI=1S/C26H32FN3O4/c1-17(24(32)28-20-6-2-3-7-20)30(16-18-10-12-19(27)13-11-18)23(31)14-15-29-25(33)21-8-4-5-9-22(21)26(29)34/h4-5,10-13,17,20-22H,2-3,6-9,14-16H2,1H3,(H,28,32)/t17-,21-,22+/m1/s1. The molecule has 8 heteroatoms. The number of amides is 4. The van der Waals surface area contributed by atoms with Crippen molar-refractivity contribution in [2.45, 2.75) is 70.5 Å². The molecule has 34 heavy (non-hydrogen) atoms. The van der Waals surface area contributed by atoms with Crippen LogP contribution in [0.15, 0.2) is 36.4 Å². The molecule has 0 unspecified atom stereocenters. The number of carbonyl (C=O) groups is 4. The molecule has 3 aliphatic rings. The van der Waals surface area contributed by atoms with Crippen LogP contribution in [0.4, 0.5) is 4.39 Å². The summed E-state index contributed by atoms with van der Waals surface area (Å²) >= 11 is 0. The Balaban J connectivity index is 1.44. The molecule has 0 spiro atoms. The molecule has 2 fully saturated rings. The smallest absolute Gasteiger partial charge is 0.242 e. The van der Waals surface area contributed by atoms with Crippen molar-refractivity contribution in [2.75, 3.05) is 6.54 Å². The van der Waals surface area contributed by atoms with Gasteiger partial charge in [-0.25, -0.2) is 4.39 Å². The summed E-state index contributed by atoms with van der Waals surface area (Å²) < 4.78 is 13.4. The Labute approximate surface area is 199 Å². The number of hydrogen-bond acceptors (Lipinski definition) is 4. The third-order valence-electron chi connectivity index (χ3n) is 7.28. The average molecular weight is 470 g/mol. The lowest BCUT2D eigenvalue weighted by atomic mass is 9.85. The first-order valence-electron chi connectivity index (χ1n) is 12.2. The van der Waals surface area contributed by atoms with Gasteiger partial charge in [-0.3, -0.25) is 24.1 Å².